The lowest BCUT2D eigenvalue weighted by molar-refractivity contribution is 0.712. The van der Waals surface area contributed by atoms with Crippen molar-refractivity contribution in [3.05, 3.63) is 37.7 Å². The molecule has 2 heterocycles. The highest BCUT2D eigenvalue weighted by molar-refractivity contribution is 9.10. The summed E-state index contributed by atoms with van der Waals surface area (Å²) in [5, 5.41) is 0.419. The van der Waals surface area contributed by atoms with Crippen LogP contribution in [0.3, 0.4) is 0 Å². The second-order valence-corrected chi connectivity index (χ2v) is 3.95. The molecular weight excluding hydrogens is 262 g/mol. The van der Waals surface area contributed by atoms with E-state index < -0.39 is 0 Å². The predicted molar refractivity (Wildman–Crippen MR) is 59.9 cm³/mol. The van der Waals surface area contributed by atoms with Crippen LogP contribution in [0, 0.1) is 0 Å². The Kier molecular flexibility index (Phi) is 2.22. The summed E-state index contributed by atoms with van der Waals surface area (Å²) in [5.41, 5.74) is -0.108. The SMILES string of the molecule is Cn1c(=O)c2c(Br)nccc2n(C)c1=O. The zero-order chi connectivity index (χ0) is 11.2. The molecule has 0 amide bonds. The fraction of sp³-hybridized carbons (Fsp3) is 0.222. The summed E-state index contributed by atoms with van der Waals surface area (Å²) >= 11 is 3.20. The number of aromatic nitrogens is 3. The average Bonchev–Trinajstić information content (AvgIpc) is 2.23. The van der Waals surface area contributed by atoms with Crippen molar-refractivity contribution in [3.63, 3.8) is 0 Å². The zero-order valence-corrected chi connectivity index (χ0v) is 9.78. The molecule has 0 N–H and O–H groups in total. The first kappa shape index (κ1) is 10.1. The highest BCUT2D eigenvalue weighted by Gasteiger charge is 2.10. The van der Waals surface area contributed by atoms with Crippen molar-refractivity contribution in [2.24, 2.45) is 14.1 Å². The van der Waals surface area contributed by atoms with Gasteiger partial charge < -0.3 is 0 Å². The molecule has 2 rings (SSSR count). The van der Waals surface area contributed by atoms with E-state index in [0.29, 0.717) is 15.5 Å². The summed E-state index contributed by atoms with van der Waals surface area (Å²) in [6.07, 6.45) is 1.55. The van der Waals surface area contributed by atoms with E-state index in [-0.39, 0.29) is 11.2 Å². The summed E-state index contributed by atoms with van der Waals surface area (Å²) in [6.45, 7) is 0. The number of hydrogen-bond acceptors (Lipinski definition) is 3. The Morgan fingerprint density at radius 1 is 1.27 bits per heavy atom. The normalized spacial score (nSPS) is 10.9. The minimum atomic E-state index is -0.342. The fourth-order valence-corrected chi connectivity index (χ4v) is 1.98. The van der Waals surface area contributed by atoms with E-state index in [1.54, 1.807) is 19.3 Å². The first-order valence-corrected chi connectivity index (χ1v) is 5.03. The first-order chi connectivity index (χ1) is 7.04. The van der Waals surface area contributed by atoms with Gasteiger partial charge in [-0.15, -0.1) is 0 Å². The molecule has 0 fully saturated rings. The number of pyridine rings is 1. The van der Waals surface area contributed by atoms with Crippen LogP contribution in [0.1, 0.15) is 0 Å². The smallest absolute Gasteiger partial charge is 0.296 e. The lowest BCUT2D eigenvalue weighted by Gasteiger charge is -2.07. The van der Waals surface area contributed by atoms with Gasteiger partial charge in [0, 0.05) is 20.3 Å². The van der Waals surface area contributed by atoms with E-state index >= 15 is 0 Å². The molecule has 0 unspecified atom stereocenters. The Balaban J connectivity index is 3.23. The maximum Gasteiger partial charge on any atom is 0.330 e. The molecule has 6 heteroatoms. The zero-order valence-electron chi connectivity index (χ0n) is 8.19. The Hall–Kier alpha value is -1.43. The minimum absolute atomic E-state index is 0.340. The van der Waals surface area contributed by atoms with Crippen molar-refractivity contribution >= 4 is 26.8 Å². The van der Waals surface area contributed by atoms with Crippen LogP contribution in [0.5, 0.6) is 0 Å². The van der Waals surface area contributed by atoms with Crippen molar-refractivity contribution in [2.75, 3.05) is 0 Å². The van der Waals surface area contributed by atoms with Crippen molar-refractivity contribution in [1.82, 2.24) is 14.1 Å². The van der Waals surface area contributed by atoms with Gasteiger partial charge in [0.25, 0.3) is 5.56 Å². The highest BCUT2D eigenvalue weighted by atomic mass is 79.9. The van der Waals surface area contributed by atoms with E-state index in [1.165, 1.54) is 11.6 Å². The molecule has 0 aliphatic carbocycles. The third kappa shape index (κ3) is 1.32. The van der Waals surface area contributed by atoms with Crippen molar-refractivity contribution < 1.29 is 0 Å². The number of aryl methyl sites for hydroxylation is 1. The summed E-state index contributed by atoms with van der Waals surface area (Å²) in [4.78, 5) is 27.4. The molecule has 0 aromatic carbocycles. The standard InChI is InChI=1S/C9H8BrN3O2/c1-12-5-3-4-11-7(10)6(5)8(14)13(2)9(12)15/h3-4H,1-2H3. The fourth-order valence-electron chi connectivity index (χ4n) is 1.49. The Morgan fingerprint density at radius 2 is 1.93 bits per heavy atom. The van der Waals surface area contributed by atoms with Crippen molar-refractivity contribution in [1.29, 1.82) is 0 Å². The average molecular weight is 270 g/mol. The second kappa shape index (κ2) is 3.30. The third-order valence-corrected chi connectivity index (χ3v) is 2.94. The molecule has 78 valence electrons. The van der Waals surface area contributed by atoms with Crippen molar-refractivity contribution in [2.45, 2.75) is 0 Å². The van der Waals surface area contributed by atoms with Crippen LogP contribution in [0.2, 0.25) is 0 Å². The van der Waals surface area contributed by atoms with Crippen LogP contribution >= 0.6 is 15.9 Å². The maximum atomic E-state index is 11.8. The molecule has 15 heavy (non-hydrogen) atoms. The van der Waals surface area contributed by atoms with Gasteiger partial charge in [-0.1, -0.05) is 0 Å². The van der Waals surface area contributed by atoms with E-state index in [1.807, 2.05) is 0 Å². The summed E-state index contributed by atoms with van der Waals surface area (Å²) in [6, 6.07) is 1.64. The summed E-state index contributed by atoms with van der Waals surface area (Å²) in [5.74, 6) is 0. The van der Waals surface area contributed by atoms with Crippen LogP contribution in [0.25, 0.3) is 10.9 Å². The van der Waals surface area contributed by atoms with Gasteiger partial charge in [-0.25, -0.2) is 9.78 Å². The number of rotatable bonds is 0. The Bertz CT molecular complexity index is 657. The quantitative estimate of drug-likeness (QED) is 0.651. The summed E-state index contributed by atoms with van der Waals surface area (Å²) < 4.78 is 2.94. The molecule has 0 radical (unpaired) electrons. The van der Waals surface area contributed by atoms with E-state index in [0.717, 1.165) is 4.57 Å². The molecule has 0 spiro atoms. The van der Waals surface area contributed by atoms with Gasteiger partial charge >= 0.3 is 5.69 Å². The number of nitrogens with zero attached hydrogens (tertiary/aromatic N) is 3. The van der Waals surface area contributed by atoms with Crippen LogP contribution in [0.4, 0.5) is 0 Å². The van der Waals surface area contributed by atoms with E-state index in [4.69, 9.17) is 0 Å². The topological polar surface area (TPSA) is 56.9 Å². The van der Waals surface area contributed by atoms with Crippen LogP contribution in [0.15, 0.2) is 26.5 Å². The monoisotopic (exact) mass is 269 g/mol. The van der Waals surface area contributed by atoms with E-state index in [2.05, 4.69) is 20.9 Å². The molecular formula is C9H8BrN3O2. The Labute approximate surface area is 93.1 Å². The molecule has 0 aliphatic heterocycles. The second-order valence-electron chi connectivity index (χ2n) is 3.20. The number of fused-ring (bicyclic) bond motifs is 1. The van der Waals surface area contributed by atoms with E-state index in [9.17, 15) is 9.59 Å². The molecule has 0 saturated carbocycles. The molecule has 0 aliphatic rings. The lowest BCUT2D eigenvalue weighted by atomic mass is 10.3. The number of halogens is 1. The molecule has 5 nitrogen and oxygen atoms in total. The van der Waals surface area contributed by atoms with Crippen LogP contribution in [-0.2, 0) is 14.1 Å². The van der Waals surface area contributed by atoms with Gasteiger partial charge in [0.2, 0.25) is 0 Å². The largest absolute Gasteiger partial charge is 0.330 e. The summed E-state index contributed by atoms with van der Waals surface area (Å²) in [7, 11) is 3.07. The minimum Gasteiger partial charge on any atom is -0.296 e. The first-order valence-electron chi connectivity index (χ1n) is 4.24. The molecule has 0 bridgehead atoms. The van der Waals surface area contributed by atoms with Gasteiger partial charge in [-0.2, -0.15) is 0 Å². The van der Waals surface area contributed by atoms with Gasteiger partial charge in [0.15, 0.2) is 0 Å². The van der Waals surface area contributed by atoms with Crippen LogP contribution < -0.4 is 11.2 Å². The molecule has 2 aromatic heterocycles. The van der Waals surface area contributed by atoms with Gasteiger partial charge in [0.05, 0.1) is 10.9 Å². The van der Waals surface area contributed by atoms with Gasteiger partial charge in [-0.3, -0.25) is 13.9 Å². The van der Waals surface area contributed by atoms with Crippen LogP contribution in [-0.4, -0.2) is 14.1 Å². The van der Waals surface area contributed by atoms with Crippen molar-refractivity contribution in [3.8, 4) is 0 Å². The molecule has 0 atom stereocenters. The third-order valence-electron chi connectivity index (χ3n) is 2.34. The van der Waals surface area contributed by atoms with Gasteiger partial charge in [-0.05, 0) is 22.0 Å². The molecule has 0 saturated heterocycles. The maximum absolute atomic E-state index is 11.8. The lowest BCUT2D eigenvalue weighted by Crippen LogP contribution is -2.37. The van der Waals surface area contributed by atoms with Gasteiger partial charge in [0.1, 0.15) is 4.60 Å². The highest BCUT2D eigenvalue weighted by Crippen LogP contribution is 2.15. The number of hydrogen-bond donors (Lipinski definition) is 0. The predicted octanol–water partition coefficient (Wildman–Crippen LogP) is 0.395. The molecule has 2 aromatic rings. The Morgan fingerprint density at radius 3 is 2.60 bits per heavy atom.